The molecule has 0 aliphatic carbocycles. The van der Waals surface area contributed by atoms with Crippen molar-refractivity contribution in [1.82, 2.24) is 20.1 Å². The SMILES string of the molecule is Fc1ccc(-c2nnc(C3CCN(Cc4ccccn4)CC3)o2)cc1. The van der Waals surface area contributed by atoms with Gasteiger partial charge >= 0.3 is 0 Å². The molecule has 0 saturated carbocycles. The number of halogens is 1. The standard InChI is InChI=1S/C19H19FN4O/c20-16-6-4-14(5-7-16)18-22-23-19(25-18)15-8-11-24(12-9-15)13-17-3-1-2-10-21-17/h1-7,10,15H,8-9,11-13H2. The highest BCUT2D eigenvalue weighted by Gasteiger charge is 2.25. The Morgan fingerprint density at radius 1 is 1.04 bits per heavy atom. The number of aromatic nitrogens is 3. The van der Waals surface area contributed by atoms with Crippen molar-refractivity contribution in [2.24, 2.45) is 0 Å². The van der Waals surface area contributed by atoms with Gasteiger partial charge in [0, 0.05) is 24.2 Å². The van der Waals surface area contributed by atoms with Gasteiger partial charge in [0.2, 0.25) is 11.8 Å². The molecule has 6 heteroatoms. The molecule has 128 valence electrons. The Balaban J connectivity index is 1.37. The maximum absolute atomic E-state index is 13.0. The number of hydrogen-bond acceptors (Lipinski definition) is 5. The van der Waals surface area contributed by atoms with E-state index in [-0.39, 0.29) is 11.7 Å². The minimum Gasteiger partial charge on any atom is -0.420 e. The first-order valence-corrected chi connectivity index (χ1v) is 8.49. The normalized spacial score (nSPS) is 16.2. The molecule has 0 amide bonds. The molecule has 0 unspecified atom stereocenters. The number of likely N-dealkylation sites (tertiary alicyclic amines) is 1. The molecule has 4 rings (SSSR count). The molecular formula is C19H19FN4O. The Kier molecular flexibility index (Phi) is 4.52. The molecule has 0 N–H and O–H groups in total. The van der Waals surface area contributed by atoms with Gasteiger partial charge < -0.3 is 4.42 Å². The molecule has 3 heterocycles. The largest absolute Gasteiger partial charge is 0.420 e. The predicted octanol–water partition coefficient (Wildman–Crippen LogP) is 3.65. The van der Waals surface area contributed by atoms with Gasteiger partial charge in [0.15, 0.2) is 0 Å². The smallest absolute Gasteiger partial charge is 0.247 e. The maximum atomic E-state index is 13.0. The van der Waals surface area contributed by atoms with Crippen LogP contribution in [0, 0.1) is 5.82 Å². The minimum absolute atomic E-state index is 0.274. The molecule has 0 spiro atoms. The van der Waals surface area contributed by atoms with Crippen LogP contribution >= 0.6 is 0 Å². The Labute approximate surface area is 145 Å². The van der Waals surface area contributed by atoms with Crippen molar-refractivity contribution >= 4 is 0 Å². The number of hydrogen-bond donors (Lipinski definition) is 0. The summed E-state index contributed by atoms with van der Waals surface area (Å²) in [5.74, 6) is 1.13. The molecule has 0 radical (unpaired) electrons. The summed E-state index contributed by atoms with van der Waals surface area (Å²) in [6, 6.07) is 12.1. The van der Waals surface area contributed by atoms with Gasteiger partial charge in [-0.15, -0.1) is 10.2 Å². The van der Waals surface area contributed by atoms with Crippen LogP contribution in [0.15, 0.2) is 53.1 Å². The van der Waals surface area contributed by atoms with Crippen LogP contribution in [-0.4, -0.2) is 33.2 Å². The van der Waals surface area contributed by atoms with E-state index in [1.807, 2.05) is 18.3 Å². The molecule has 1 fully saturated rings. The lowest BCUT2D eigenvalue weighted by molar-refractivity contribution is 0.191. The van der Waals surface area contributed by atoms with Crippen LogP contribution in [0.1, 0.15) is 30.3 Å². The monoisotopic (exact) mass is 338 g/mol. The second-order valence-corrected chi connectivity index (χ2v) is 6.32. The second-order valence-electron chi connectivity index (χ2n) is 6.32. The van der Waals surface area contributed by atoms with Crippen LogP contribution in [0.3, 0.4) is 0 Å². The number of rotatable bonds is 4. The third kappa shape index (κ3) is 3.74. The quantitative estimate of drug-likeness (QED) is 0.727. The summed E-state index contributed by atoms with van der Waals surface area (Å²) in [6.45, 7) is 2.84. The summed E-state index contributed by atoms with van der Waals surface area (Å²) < 4.78 is 18.8. The third-order valence-corrected chi connectivity index (χ3v) is 4.58. The van der Waals surface area contributed by atoms with Gasteiger partial charge in [-0.3, -0.25) is 9.88 Å². The van der Waals surface area contributed by atoms with E-state index in [9.17, 15) is 4.39 Å². The van der Waals surface area contributed by atoms with Crippen LogP contribution in [0.25, 0.3) is 11.5 Å². The van der Waals surface area contributed by atoms with E-state index in [2.05, 4.69) is 26.1 Å². The maximum Gasteiger partial charge on any atom is 0.247 e. The minimum atomic E-state index is -0.274. The van der Waals surface area contributed by atoms with E-state index >= 15 is 0 Å². The summed E-state index contributed by atoms with van der Waals surface area (Å²) in [5.41, 5.74) is 1.84. The van der Waals surface area contributed by atoms with E-state index in [1.54, 1.807) is 12.1 Å². The molecule has 25 heavy (non-hydrogen) atoms. The summed E-state index contributed by atoms with van der Waals surface area (Å²) in [5, 5.41) is 8.32. The number of pyridine rings is 1. The lowest BCUT2D eigenvalue weighted by Crippen LogP contribution is -2.32. The van der Waals surface area contributed by atoms with Crippen LogP contribution in [0.2, 0.25) is 0 Å². The van der Waals surface area contributed by atoms with Crippen molar-refractivity contribution in [3.63, 3.8) is 0 Å². The predicted molar refractivity (Wildman–Crippen MR) is 91.2 cm³/mol. The van der Waals surface area contributed by atoms with E-state index in [0.717, 1.165) is 43.7 Å². The zero-order valence-corrected chi connectivity index (χ0v) is 13.8. The first-order valence-electron chi connectivity index (χ1n) is 8.49. The van der Waals surface area contributed by atoms with Gasteiger partial charge in [-0.25, -0.2) is 4.39 Å². The number of piperidine rings is 1. The van der Waals surface area contributed by atoms with Crippen molar-refractivity contribution < 1.29 is 8.81 Å². The van der Waals surface area contributed by atoms with E-state index < -0.39 is 0 Å². The molecule has 1 aliphatic rings. The van der Waals surface area contributed by atoms with Gasteiger partial charge in [0.05, 0.1) is 5.69 Å². The highest BCUT2D eigenvalue weighted by Crippen LogP contribution is 2.29. The van der Waals surface area contributed by atoms with Crippen molar-refractivity contribution in [3.05, 3.63) is 66.1 Å². The van der Waals surface area contributed by atoms with Crippen LogP contribution < -0.4 is 0 Å². The average molecular weight is 338 g/mol. The second kappa shape index (κ2) is 7.11. The lowest BCUT2D eigenvalue weighted by atomic mass is 9.97. The topological polar surface area (TPSA) is 55.1 Å². The Morgan fingerprint density at radius 3 is 2.56 bits per heavy atom. The van der Waals surface area contributed by atoms with E-state index in [4.69, 9.17) is 4.42 Å². The number of nitrogens with zero attached hydrogens (tertiary/aromatic N) is 4. The fraction of sp³-hybridized carbons (Fsp3) is 0.316. The van der Waals surface area contributed by atoms with E-state index in [0.29, 0.717) is 11.8 Å². The average Bonchev–Trinajstić information content (AvgIpc) is 3.14. The van der Waals surface area contributed by atoms with Crippen molar-refractivity contribution in [1.29, 1.82) is 0 Å². The molecule has 3 aromatic rings. The zero-order chi connectivity index (χ0) is 17.1. The molecule has 2 aromatic heterocycles. The molecule has 0 bridgehead atoms. The highest BCUT2D eigenvalue weighted by atomic mass is 19.1. The molecule has 0 atom stereocenters. The molecule has 5 nitrogen and oxygen atoms in total. The van der Waals surface area contributed by atoms with Crippen LogP contribution in [0.5, 0.6) is 0 Å². The Hall–Kier alpha value is -2.60. The first kappa shape index (κ1) is 15.9. The fourth-order valence-corrected chi connectivity index (χ4v) is 3.17. The number of benzene rings is 1. The first-order chi connectivity index (χ1) is 12.3. The molecule has 1 saturated heterocycles. The Morgan fingerprint density at radius 2 is 1.84 bits per heavy atom. The van der Waals surface area contributed by atoms with Crippen molar-refractivity contribution in [2.75, 3.05) is 13.1 Å². The fourth-order valence-electron chi connectivity index (χ4n) is 3.17. The van der Waals surface area contributed by atoms with Gasteiger partial charge in [-0.05, 0) is 62.3 Å². The van der Waals surface area contributed by atoms with Crippen LogP contribution in [0.4, 0.5) is 4.39 Å². The van der Waals surface area contributed by atoms with Gasteiger partial charge in [-0.1, -0.05) is 6.07 Å². The molecule has 1 aliphatic heterocycles. The third-order valence-electron chi connectivity index (χ3n) is 4.58. The van der Waals surface area contributed by atoms with Gasteiger partial charge in [-0.2, -0.15) is 0 Å². The Bertz CT molecular complexity index is 811. The highest BCUT2D eigenvalue weighted by molar-refractivity contribution is 5.52. The lowest BCUT2D eigenvalue weighted by Gasteiger charge is -2.29. The summed E-state index contributed by atoms with van der Waals surface area (Å²) in [7, 11) is 0. The molecule has 1 aromatic carbocycles. The van der Waals surface area contributed by atoms with Crippen molar-refractivity contribution in [2.45, 2.75) is 25.3 Å². The summed E-state index contributed by atoms with van der Waals surface area (Å²) >= 11 is 0. The zero-order valence-electron chi connectivity index (χ0n) is 13.8. The van der Waals surface area contributed by atoms with Gasteiger partial charge in [0.1, 0.15) is 5.82 Å². The summed E-state index contributed by atoms with van der Waals surface area (Å²) in [6.07, 6.45) is 3.80. The molecular weight excluding hydrogens is 319 g/mol. The van der Waals surface area contributed by atoms with Crippen molar-refractivity contribution in [3.8, 4) is 11.5 Å². The summed E-state index contributed by atoms with van der Waals surface area (Å²) in [4.78, 5) is 6.78. The van der Waals surface area contributed by atoms with E-state index in [1.165, 1.54) is 12.1 Å². The van der Waals surface area contributed by atoms with Gasteiger partial charge in [0.25, 0.3) is 0 Å². The van der Waals surface area contributed by atoms with Crippen LogP contribution in [-0.2, 0) is 6.54 Å².